The van der Waals surface area contributed by atoms with E-state index in [9.17, 15) is 18.0 Å². The van der Waals surface area contributed by atoms with E-state index in [0.717, 1.165) is 11.6 Å². The summed E-state index contributed by atoms with van der Waals surface area (Å²) in [4.78, 5) is 16.2. The molecule has 0 spiro atoms. The van der Waals surface area contributed by atoms with Gasteiger partial charge in [-0.3, -0.25) is 9.63 Å². The zero-order chi connectivity index (χ0) is 19.5. The molecule has 0 aliphatic carbocycles. The normalized spacial score (nSPS) is 11.4. The van der Waals surface area contributed by atoms with E-state index < -0.39 is 29.5 Å². The summed E-state index contributed by atoms with van der Waals surface area (Å²) in [6, 6.07) is 9.49. The monoisotopic (exact) mass is 370 g/mol. The average Bonchev–Trinajstić information content (AvgIpc) is 2.61. The predicted molar refractivity (Wildman–Crippen MR) is 90.5 cm³/mol. The molecule has 0 aliphatic rings. The van der Waals surface area contributed by atoms with Gasteiger partial charge < -0.3 is 10.8 Å². The molecule has 2 rings (SSSR count). The van der Waals surface area contributed by atoms with Crippen molar-refractivity contribution in [3.05, 3.63) is 71.0 Å². The van der Waals surface area contributed by atoms with E-state index >= 15 is 0 Å². The Morgan fingerprint density at radius 1 is 1.12 bits per heavy atom. The summed E-state index contributed by atoms with van der Waals surface area (Å²) in [7, 11) is 1.50. The number of carbonyl (C=O) groups is 1. The van der Waals surface area contributed by atoms with Crippen molar-refractivity contribution in [3.63, 3.8) is 0 Å². The lowest BCUT2D eigenvalue weighted by Gasteiger charge is -2.17. The Kier molecular flexibility index (Phi) is 9.35. The second-order valence-corrected chi connectivity index (χ2v) is 5.25. The fourth-order valence-electron chi connectivity index (χ4n) is 2.17. The molecule has 8 heteroatoms. The van der Waals surface area contributed by atoms with Gasteiger partial charge in [-0.05, 0) is 30.7 Å². The van der Waals surface area contributed by atoms with Crippen molar-refractivity contribution < 1.29 is 27.9 Å². The summed E-state index contributed by atoms with van der Waals surface area (Å²) in [6.07, 6.45) is -0.530. The minimum absolute atomic E-state index is 0.129. The number of nitrogens with two attached hydrogens (primary N) is 1. The highest BCUT2D eigenvalue weighted by atomic mass is 19.2. The quantitative estimate of drug-likeness (QED) is 0.492. The Balaban J connectivity index is 0.00000163. The highest BCUT2D eigenvalue weighted by Crippen LogP contribution is 2.16. The second-order valence-electron chi connectivity index (χ2n) is 5.25. The van der Waals surface area contributed by atoms with Gasteiger partial charge in [-0.2, -0.15) is 5.48 Å². The molecule has 0 heterocycles. The van der Waals surface area contributed by atoms with Crippen molar-refractivity contribution >= 4 is 5.97 Å². The molecule has 0 saturated carbocycles. The summed E-state index contributed by atoms with van der Waals surface area (Å²) in [5.41, 5.74) is 7.78. The lowest BCUT2D eigenvalue weighted by atomic mass is 10.0. The highest BCUT2D eigenvalue weighted by Gasteiger charge is 2.18. The number of benzene rings is 2. The van der Waals surface area contributed by atoms with Gasteiger partial charge in [0.2, 0.25) is 0 Å². The zero-order valence-electron chi connectivity index (χ0n) is 14.2. The van der Waals surface area contributed by atoms with Crippen LogP contribution in [0.25, 0.3) is 0 Å². The maximum absolute atomic E-state index is 13.7. The van der Waals surface area contributed by atoms with Crippen molar-refractivity contribution in [2.24, 2.45) is 5.73 Å². The van der Waals surface area contributed by atoms with E-state index in [0.29, 0.717) is 6.07 Å². The molecule has 4 N–H and O–H groups in total. The van der Waals surface area contributed by atoms with Crippen LogP contribution in [0.1, 0.15) is 17.5 Å². The second kappa shape index (κ2) is 11.2. The molecular weight excluding hydrogens is 349 g/mol. The molecule has 0 unspecified atom stereocenters. The number of rotatable bonds is 8. The van der Waals surface area contributed by atoms with Crippen LogP contribution in [-0.4, -0.2) is 24.2 Å². The SMILES string of the molecule is CN.O=C(O)C[C@@H](Cc1cc(F)c(F)cc1F)NOCc1ccccc1. The zero-order valence-corrected chi connectivity index (χ0v) is 14.2. The van der Waals surface area contributed by atoms with Crippen LogP contribution < -0.4 is 11.2 Å². The Labute approximate surface area is 149 Å². The van der Waals surface area contributed by atoms with Crippen LogP contribution >= 0.6 is 0 Å². The van der Waals surface area contributed by atoms with Crippen LogP contribution in [0.2, 0.25) is 0 Å². The highest BCUT2D eigenvalue weighted by molar-refractivity contribution is 5.67. The molecule has 0 fully saturated rings. The fourth-order valence-corrected chi connectivity index (χ4v) is 2.17. The molecule has 0 radical (unpaired) electrons. The number of hydroxylamine groups is 1. The molecule has 142 valence electrons. The first-order valence-electron chi connectivity index (χ1n) is 7.80. The number of carboxylic acid groups (broad SMARTS) is 1. The van der Waals surface area contributed by atoms with Gasteiger partial charge in [-0.15, -0.1) is 0 Å². The Hall–Kier alpha value is -2.42. The van der Waals surface area contributed by atoms with E-state index in [1.807, 2.05) is 30.3 Å². The summed E-state index contributed by atoms with van der Waals surface area (Å²) >= 11 is 0. The molecule has 1 atom stereocenters. The van der Waals surface area contributed by atoms with Gasteiger partial charge in [0, 0.05) is 12.1 Å². The van der Waals surface area contributed by atoms with Gasteiger partial charge in [0.05, 0.1) is 13.0 Å². The van der Waals surface area contributed by atoms with Crippen molar-refractivity contribution in [2.75, 3.05) is 7.05 Å². The van der Waals surface area contributed by atoms with Crippen molar-refractivity contribution in [1.29, 1.82) is 0 Å². The summed E-state index contributed by atoms with van der Waals surface area (Å²) in [5, 5.41) is 8.92. The van der Waals surface area contributed by atoms with Gasteiger partial charge in [0.15, 0.2) is 11.6 Å². The number of hydrogen-bond acceptors (Lipinski definition) is 4. The van der Waals surface area contributed by atoms with E-state index in [-0.39, 0.29) is 25.0 Å². The third kappa shape index (κ3) is 7.22. The first-order chi connectivity index (χ1) is 12.5. The average molecular weight is 370 g/mol. The van der Waals surface area contributed by atoms with Gasteiger partial charge in [-0.1, -0.05) is 30.3 Å². The maximum Gasteiger partial charge on any atom is 0.305 e. The van der Waals surface area contributed by atoms with Crippen LogP contribution in [-0.2, 0) is 22.7 Å². The molecule has 0 aromatic heterocycles. The molecular formula is C18H21F3N2O3. The Bertz CT molecular complexity index is 700. The molecule has 2 aromatic carbocycles. The van der Waals surface area contributed by atoms with Crippen LogP contribution in [0.5, 0.6) is 0 Å². The maximum atomic E-state index is 13.7. The predicted octanol–water partition coefficient (Wildman–Crippen LogP) is 2.79. The van der Waals surface area contributed by atoms with E-state index in [1.54, 1.807) is 0 Å². The van der Waals surface area contributed by atoms with E-state index in [2.05, 4.69) is 11.2 Å². The largest absolute Gasteiger partial charge is 0.481 e. The van der Waals surface area contributed by atoms with E-state index in [4.69, 9.17) is 9.94 Å². The van der Waals surface area contributed by atoms with Crippen molar-refractivity contribution in [1.82, 2.24) is 5.48 Å². The van der Waals surface area contributed by atoms with E-state index in [1.165, 1.54) is 7.05 Å². The molecule has 0 aliphatic heterocycles. The Morgan fingerprint density at radius 2 is 1.73 bits per heavy atom. The van der Waals surface area contributed by atoms with Gasteiger partial charge >= 0.3 is 5.97 Å². The number of halogens is 3. The lowest BCUT2D eigenvalue weighted by Crippen LogP contribution is -2.33. The topological polar surface area (TPSA) is 84.6 Å². The number of aliphatic carboxylic acids is 1. The standard InChI is InChI=1S/C17H16F3NO3.CH5N/c18-14-9-16(20)15(19)7-12(14)6-13(8-17(22)23)21-24-10-11-4-2-1-3-5-11;1-2/h1-5,7,9,13,21H,6,8,10H2,(H,22,23);2H2,1H3/t13-;/m1./s1. The first kappa shape index (κ1) is 21.6. The van der Waals surface area contributed by atoms with Crippen molar-refractivity contribution in [2.45, 2.75) is 25.5 Å². The van der Waals surface area contributed by atoms with Crippen LogP contribution in [0, 0.1) is 17.5 Å². The molecule has 0 bridgehead atoms. The minimum atomic E-state index is -1.29. The van der Waals surface area contributed by atoms with Gasteiger partial charge in [-0.25, -0.2) is 13.2 Å². The van der Waals surface area contributed by atoms with Crippen LogP contribution in [0.4, 0.5) is 13.2 Å². The van der Waals surface area contributed by atoms with Crippen LogP contribution in [0.15, 0.2) is 42.5 Å². The summed E-state index contributed by atoms with van der Waals surface area (Å²) in [6.45, 7) is 0.178. The first-order valence-corrected chi connectivity index (χ1v) is 7.80. The number of nitrogens with one attached hydrogen (secondary N) is 1. The van der Waals surface area contributed by atoms with Crippen molar-refractivity contribution in [3.8, 4) is 0 Å². The third-order valence-electron chi connectivity index (χ3n) is 3.31. The van der Waals surface area contributed by atoms with Crippen LogP contribution in [0.3, 0.4) is 0 Å². The third-order valence-corrected chi connectivity index (χ3v) is 3.31. The molecule has 5 nitrogen and oxygen atoms in total. The molecule has 2 aromatic rings. The summed E-state index contributed by atoms with van der Waals surface area (Å²) < 4.78 is 39.9. The molecule has 0 amide bonds. The summed E-state index contributed by atoms with van der Waals surface area (Å²) in [5.74, 6) is -4.54. The molecule has 0 saturated heterocycles. The minimum Gasteiger partial charge on any atom is -0.481 e. The smallest absolute Gasteiger partial charge is 0.305 e. The Morgan fingerprint density at radius 3 is 2.35 bits per heavy atom. The number of hydrogen-bond donors (Lipinski definition) is 3. The molecule has 26 heavy (non-hydrogen) atoms. The van der Waals surface area contributed by atoms with Gasteiger partial charge in [0.25, 0.3) is 0 Å². The number of carboxylic acids is 1. The van der Waals surface area contributed by atoms with Gasteiger partial charge in [0.1, 0.15) is 5.82 Å². The fraction of sp³-hybridized carbons (Fsp3) is 0.278. The lowest BCUT2D eigenvalue weighted by molar-refractivity contribution is -0.138.